The molecule has 25 heavy (non-hydrogen) atoms. The number of rotatable bonds is 3. The number of hydrogen-bond acceptors (Lipinski definition) is 3. The minimum absolute atomic E-state index is 0.0413. The van der Waals surface area contributed by atoms with Crippen molar-refractivity contribution in [2.24, 2.45) is 0 Å². The number of likely N-dealkylation sites (tertiary alicyclic amines) is 1. The number of aromatic nitrogens is 2. The van der Waals surface area contributed by atoms with E-state index in [4.69, 9.17) is 16.6 Å². The van der Waals surface area contributed by atoms with Gasteiger partial charge in [0.25, 0.3) is 5.56 Å². The maximum Gasteiger partial charge on any atom is 0.260 e. The molecule has 0 bridgehead atoms. The van der Waals surface area contributed by atoms with E-state index in [2.05, 4.69) is 4.98 Å². The second-order valence-corrected chi connectivity index (χ2v) is 7.98. The number of nitrogens with one attached hydrogen (secondary N) is 2. The van der Waals surface area contributed by atoms with Gasteiger partial charge < -0.3 is 9.88 Å². The number of H-pyrrole nitrogens is 1. The number of hydrogen-bond donors (Lipinski definition) is 2. The van der Waals surface area contributed by atoms with Crippen LogP contribution in [-0.4, -0.2) is 23.1 Å². The van der Waals surface area contributed by atoms with Crippen LogP contribution < -0.4 is 10.5 Å². The molecule has 2 aromatic heterocycles. The summed E-state index contributed by atoms with van der Waals surface area (Å²) in [5.74, 6) is 0.805. The molecule has 1 aliphatic heterocycles. The Kier molecular flexibility index (Phi) is 4.88. The van der Waals surface area contributed by atoms with Crippen molar-refractivity contribution >= 4 is 33.2 Å². The van der Waals surface area contributed by atoms with Gasteiger partial charge in [-0.15, -0.1) is 11.3 Å². The molecule has 0 spiro atoms. The zero-order valence-corrected chi connectivity index (χ0v) is 15.6. The first-order valence-electron chi connectivity index (χ1n) is 8.80. The first-order chi connectivity index (χ1) is 12.2. The second kappa shape index (κ2) is 7.28. The standard InChI is InChI=1S/C19H20ClN3OS/c20-14-7-5-13(6-8-14)15-12-25-19-17(15)18(24)21-16(22-19)11-23-9-3-1-2-4-10-23/h5-8,12H,1-4,9-11H2,(H,21,22,24)/p+1. The van der Waals surface area contributed by atoms with Crippen molar-refractivity contribution in [2.75, 3.05) is 13.1 Å². The van der Waals surface area contributed by atoms with Gasteiger partial charge in [0.05, 0.1) is 18.5 Å². The molecule has 1 fully saturated rings. The molecule has 0 aliphatic carbocycles. The number of halogens is 1. The van der Waals surface area contributed by atoms with Crippen LogP contribution in [0.4, 0.5) is 0 Å². The summed E-state index contributed by atoms with van der Waals surface area (Å²) >= 11 is 7.50. The fraction of sp³-hybridized carbons (Fsp3) is 0.368. The Morgan fingerprint density at radius 1 is 1.12 bits per heavy atom. The third kappa shape index (κ3) is 3.64. The van der Waals surface area contributed by atoms with Crippen molar-refractivity contribution < 1.29 is 4.90 Å². The zero-order chi connectivity index (χ0) is 17.2. The first-order valence-corrected chi connectivity index (χ1v) is 10.1. The third-order valence-corrected chi connectivity index (χ3v) is 6.00. The largest absolute Gasteiger partial charge is 0.329 e. The molecule has 130 valence electrons. The number of benzene rings is 1. The lowest BCUT2D eigenvalue weighted by molar-refractivity contribution is -0.913. The maximum absolute atomic E-state index is 12.7. The molecule has 0 atom stereocenters. The van der Waals surface area contributed by atoms with Crippen LogP contribution in [0.3, 0.4) is 0 Å². The van der Waals surface area contributed by atoms with E-state index in [1.165, 1.54) is 55.0 Å². The number of nitrogens with zero attached hydrogens (tertiary/aromatic N) is 1. The Morgan fingerprint density at radius 3 is 2.56 bits per heavy atom. The van der Waals surface area contributed by atoms with Gasteiger partial charge in [-0.3, -0.25) is 4.79 Å². The number of fused-ring (bicyclic) bond motifs is 1. The van der Waals surface area contributed by atoms with Crippen LogP contribution in [0, 0.1) is 0 Å². The number of thiophene rings is 1. The molecule has 0 unspecified atom stereocenters. The summed E-state index contributed by atoms with van der Waals surface area (Å²) in [6, 6.07) is 7.58. The SMILES string of the molecule is O=c1[nH]c(C[NH+]2CCCCCC2)nc2scc(-c3ccc(Cl)cc3)c12. The van der Waals surface area contributed by atoms with E-state index in [9.17, 15) is 4.79 Å². The molecule has 1 saturated heterocycles. The average molecular weight is 375 g/mol. The Morgan fingerprint density at radius 2 is 1.84 bits per heavy atom. The van der Waals surface area contributed by atoms with Crippen LogP contribution in [0.2, 0.25) is 5.02 Å². The van der Waals surface area contributed by atoms with Gasteiger partial charge in [0.15, 0.2) is 5.82 Å². The normalized spacial score (nSPS) is 16.2. The first kappa shape index (κ1) is 16.8. The van der Waals surface area contributed by atoms with Gasteiger partial charge in [0, 0.05) is 16.0 Å². The summed E-state index contributed by atoms with van der Waals surface area (Å²) in [5, 5.41) is 3.39. The third-order valence-electron chi connectivity index (χ3n) is 4.88. The van der Waals surface area contributed by atoms with Gasteiger partial charge >= 0.3 is 0 Å². The molecule has 0 radical (unpaired) electrons. The van der Waals surface area contributed by atoms with Gasteiger partial charge in [0.1, 0.15) is 11.4 Å². The summed E-state index contributed by atoms with van der Waals surface area (Å²) in [6.45, 7) is 3.14. The predicted molar refractivity (Wildman–Crippen MR) is 104 cm³/mol. The summed E-state index contributed by atoms with van der Waals surface area (Å²) in [7, 11) is 0. The molecular formula is C19H21ClN3OS+. The second-order valence-electron chi connectivity index (χ2n) is 6.69. The van der Waals surface area contributed by atoms with Gasteiger partial charge in [-0.05, 0) is 43.4 Å². The summed E-state index contributed by atoms with van der Waals surface area (Å²) < 4.78 is 0. The molecule has 3 heterocycles. The van der Waals surface area contributed by atoms with Gasteiger partial charge in [-0.1, -0.05) is 23.7 Å². The molecule has 4 nitrogen and oxygen atoms in total. The molecule has 0 amide bonds. The summed E-state index contributed by atoms with van der Waals surface area (Å²) in [5.41, 5.74) is 1.88. The fourth-order valence-electron chi connectivity index (χ4n) is 3.56. The smallest absolute Gasteiger partial charge is 0.260 e. The minimum Gasteiger partial charge on any atom is -0.329 e. The van der Waals surface area contributed by atoms with E-state index >= 15 is 0 Å². The minimum atomic E-state index is -0.0413. The Hall–Kier alpha value is -1.69. The topological polar surface area (TPSA) is 50.2 Å². The lowest BCUT2D eigenvalue weighted by Gasteiger charge is -2.16. The highest BCUT2D eigenvalue weighted by atomic mass is 35.5. The van der Waals surface area contributed by atoms with E-state index in [1.807, 2.05) is 29.6 Å². The van der Waals surface area contributed by atoms with Crippen LogP contribution in [0.1, 0.15) is 31.5 Å². The number of aromatic amines is 1. The van der Waals surface area contributed by atoms with Gasteiger partial charge in [-0.2, -0.15) is 0 Å². The summed E-state index contributed by atoms with van der Waals surface area (Å²) in [6.07, 6.45) is 5.17. The zero-order valence-electron chi connectivity index (χ0n) is 14.0. The molecule has 2 N–H and O–H groups in total. The molecule has 1 aromatic carbocycles. The molecule has 1 aliphatic rings. The predicted octanol–water partition coefficient (Wildman–Crippen LogP) is 3.26. The van der Waals surface area contributed by atoms with Crippen LogP contribution in [0.5, 0.6) is 0 Å². The number of quaternary nitrogens is 1. The van der Waals surface area contributed by atoms with Gasteiger partial charge in [0.2, 0.25) is 0 Å². The van der Waals surface area contributed by atoms with Crippen LogP contribution in [0.15, 0.2) is 34.4 Å². The van der Waals surface area contributed by atoms with Crippen molar-refractivity contribution in [3.63, 3.8) is 0 Å². The van der Waals surface area contributed by atoms with Crippen LogP contribution in [0.25, 0.3) is 21.3 Å². The molecule has 6 heteroatoms. The highest BCUT2D eigenvalue weighted by molar-refractivity contribution is 7.17. The van der Waals surface area contributed by atoms with Crippen molar-refractivity contribution in [3.8, 4) is 11.1 Å². The highest BCUT2D eigenvalue weighted by Crippen LogP contribution is 2.31. The maximum atomic E-state index is 12.7. The molecule has 4 rings (SSSR count). The highest BCUT2D eigenvalue weighted by Gasteiger charge is 2.17. The van der Waals surface area contributed by atoms with E-state index in [0.717, 1.165) is 28.3 Å². The fourth-order valence-corrected chi connectivity index (χ4v) is 4.65. The van der Waals surface area contributed by atoms with E-state index in [-0.39, 0.29) is 5.56 Å². The van der Waals surface area contributed by atoms with E-state index < -0.39 is 0 Å². The Balaban J connectivity index is 1.67. The molecule has 0 saturated carbocycles. The molecular weight excluding hydrogens is 354 g/mol. The lowest BCUT2D eigenvalue weighted by atomic mass is 10.1. The quantitative estimate of drug-likeness (QED) is 0.739. The average Bonchev–Trinajstić information content (AvgIpc) is 2.86. The van der Waals surface area contributed by atoms with Gasteiger partial charge in [-0.25, -0.2) is 4.98 Å². The van der Waals surface area contributed by atoms with Crippen molar-refractivity contribution in [3.05, 3.63) is 50.8 Å². The van der Waals surface area contributed by atoms with E-state index in [1.54, 1.807) is 0 Å². The Bertz CT molecular complexity index is 924. The lowest BCUT2D eigenvalue weighted by Crippen LogP contribution is -3.10. The Labute approximate surface area is 155 Å². The van der Waals surface area contributed by atoms with Crippen molar-refractivity contribution in [1.29, 1.82) is 0 Å². The van der Waals surface area contributed by atoms with E-state index in [0.29, 0.717) is 10.4 Å². The monoisotopic (exact) mass is 374 g/mol. The van der Waals surface area contributed by atoms with Crippen molar-refractivity contribution in [2.45, 2.75) is 32.2 Å². The van der Waals surface area contributed by atoms with Crippen LogP contribution >= 0.6 is 22.9 Å². The molecule has 3 aromatic rings. The van der Waals surface area contributed by atoms with Crippen molar-refractivity contribution in [1.82, 2.24) is 9.97 Å². The summed E-state index contributed by atoms with van der Waals surface area (Å²) in [4.78, 5) is 22.8. The van der Waals surface area contributed by atoms with Crippen LogP contribution in [-0.2, 0) is 6.54 Å².